The van der Waals surface area contributed by atoms with Gasteiger partial charge in [0.2, 0.25) is 5.91 Å². The largest absolute Gasteiger partial charge is 0.481 e. The molecule has 0 aliphatic carbocycles. The number of amides is 3. The topological polar surface area (TPSA) is 98.7 Å². The molecule has 0 bridgehead atoms. The van der Waals surface area contributed by atoms with Gasteiger partial charge in [-0.3, -0.25) is 9.59 Å². The molecule has 90 valence electrons. The third kappa shape index (κ3) is 4.16. The summed E-state index contributed by atoms with van der Waals surface area (Å²) in [6.07, 6.45) is 0.587. The van der Waals surface area contributed by atoms with Gasteiger partial charge in [-0.1, -0.05) is 0 Å². The smallest absolute Gasteiger partial charge is 0.317 e. The summed E-state index contributed by atoms with van der Waals surface area (Å²) in [5.41, 5.74) is 0. The number of rotatable bonds is 3. The lowest BCUT2D eigenvalue weighted by atomic mass is 10.4. The number of urea groups is 1. The van der Waals surface area contributed by atoms with Crippen LogP contribution < -0.4 is 10.6 Å². The highest BCUT2D eigenvalue weighted by molar-refractivity contribution is 5.84. The van der Waals surface area contributed by atoms with E-state index in [4.69, 9.17) is 5.11 Å². The number of nitrogens with zero attached hydrogens (tertiary/aromatic N) is 1. The van der Waals surface area contributed by atoms with Crippen molar-refractivity contribution in [3.8, 4) is 0 Å². The average molecular weight is 229 g/mol. The Labute approximate surface area is 92.8 Å². The van der Waals surface area contributed by atoms with Crippen LogP contribution in [0.25, 0.3) is 0 Å². The predicted molar refractivity (Wildman–Crippen MR) is 54.9 cm³/mol. The van der Waals surface area contributed by atoms with Gasteiger partial charge in [-0.05, 0) is 6.42 Å². The normalized spacial score (nSPS) is 16.2. The molecule has 0 aromatic carbocycles. The lowest BCUT2D eigenvalue weighted by molar-refractivity contribution is -0.136. The molecule has 1 fully saturated rings. The summed E-state index contributed by atoms with van der Waals surface area (Å²) in [5.74, 6) is -1.15. The lowest BCUT2D eigenvalue weighted by Gasteiger charge is -2.19. The molecule has 3 N–H and O–H groups in total. The molecule has 0 atom stereocenters. The van der Waals surface area contributed by atoms with E-state index >= 15 is 0 Å². The van der Waals surface area contributed by atoms with Crippen molar-refractivity contribution < 1.29 is 19.5 Å². The first kappa shape index (κ1) is 12.3. The van der Waals surface area contributed by atoms with E-state index in [2.05, 4.69) is 10.6 Å². The zero-order chi connectivity index (χ0) is 12.0. The van der Waals surface area contributed by atoms with E-state index in [9.17, 15) is 14.4 Å². The van der Waals surface area contributed by atoms with Crippen LogP contribution in [0.4, 0.5) is 4.79 Å². The van der Waals surface area contributed by atoms with Crippen LogP contribution in [0.15, 0.2) is 0 Å². The van der Waals surface area contributed by atoms with E-state index in [1.807, 2.05) is 0 Å². The Kier molecular flexibility index (Phi) is 4.56. The third-order valence-corrected chi connectivity index (χ3v) is 2.16. The second kappa shape index (κ2) is 5.94. The number of hydrogen-bond donors (Lipinski definition) is 3. The fraction of sp³-hybridized carbons (Fsp3) is 0.667. The van der Waals surface area contributed by atoms with E-state index in [0.29, 0.717) is 19.5 Å². The van der Waals surface area contributed by atoms with Crippen molar-refractivity contribution >= 4 is 17.9 Å². The summed E-state index contributed by atoms with van der Waals surface area (Å²) in [7, 11) is 0. The molecule has 7 heteroatoms. The second-order valence-electron chi connectivity index (χ2n) is 3.50. The molecule has 0 aromatic rings. The zero-order valence-electron chi connectivity index (χ0n) is 8.86. The van der Waals surface area contributed by atoms with Crippen molar-refractivity contribution in [1.82, 2.24) is 15.5 Å². The van der Waals surface area contributed by atoms with E-state index < -0.39 is 12.0 Å². The van der Waals surface area contributed by atoms with Crippen molar-refractivity contribution in [3.63, 3.8) is 0 Å². The zero-order valence-corrected chi connectivity index (χ0v) is 8.86. The summed E-state index contributed by atoms with van der Waals surface area (Å²) in [5, 5.41) is 13.5. The molecule has 1 aliphatic heterocycles. The number of aliphatic carboxylic acids is 1. The van der Waals surface area contributed by atoms with Gasteiger partial charge >= 0.3 is 12.0 Å². The van der Waals surface area contributed by atoms with Gasteiger partial charge < -0.3 is 20.6 Å². The molecule has 1 aliphatic rings. The maximum Gasteiger partial charge on any atom is 0.317 e. The van der Waals surface area contributed by atoms with Crippen LogP contribution in [0.1, 0.15) is 12.8 Å². The summed E-state index contributed by atoms with van der Waals surface area (Å²) in [6.45, 7) is 1.17. The van der Waals surface area contributed by atoms with Crippen molar-refractivity contribution in [3.05, 3.63) is 0 Å². The van der Waals surface area contributed by atoms with Gasteiger partial charge in [0.05, 0.1) is 6.42 Å². The molecule has 16 heavy (non-hydrogen) atoms. The molecular weight excluding hydrogens is 214 g/mol. The van der Waals surface area contributed by atoms with Crippen LogP contribution in [0.2, 0.25) is 0 Å². The standard InChI is InChI=1S/C9H15N3O4/c13-7-6-12(5-1-3-10-7)9(16)11-4-2-8(14)15/h1-6H2,(H,10,13)(H,11,16)(H,14,15). The molecule has 7 nitrogen and oxygen atoms in total. The van der Waals surface area contributed by atoms with Crippen LogP contribution in [0, 0.1) is 0 Å². The highest BCUT2D eigenvalue weighted by Crippen LogP contribution is 1.96. The van der Waals surface area contributed by atoms with Crippen molar-refractivity contribution in [2.45, 2.75) is 12.8 Å². The minimum atomic E-state index is -0.964. The van der Waals surface area contributed by atoms with Gasteiger partial charge in [0.1, 0.15) is 6.54 Å². The highest BCUT2D eigenvalue weighted by atomic mass is 16.4. The van der Waals surface area contributed by atoms with Crippen LogP contribution in [-0.2, 0) is 9.59 Å². The number of nitrogens with one attached hydrogen (secondary N) is 2. The molecule has 0 saturated carbocycles. The van der Waals surface area contributed by atoms with E-state index in [-0.39, 0.29) is 25.4 Å². The van der Waals surface area contributed by atoms with Crippen LogP contribution >= 0.6 is 0 Å². The van der Waals surface area contributed by atoms with Gasteiger partial charge in [0.25, 0.3) is 0 Å². The maximum atomic E-state index is 11.5. The molecule has 3 amide bonds. The fourth-order valence-electron chi connectivity index (χ4n) is 1.37. The SMILES string of the molecule is O=C(O)CCNC(=O)N1CCCNC(=O)C1. The highest BCUT2D eigenvalue weighted by Gasteiger charge is 2.19. The van der Waals surface area contributed by atoms with Crippen LogP contribution in [-0.4, -0.2) is 54.1 Å². The quantitative estimate of drug-likeness (QED) is 0.577. The summed E-state index contributed by atoms with van der Waals surface area (Å²) in [6, 6.07) is -0.390. The Hall–Kier alpha value is -1.79. The summed E-state index contributed by atoms with van der Waals surface area (Å²) in [4.78, 5) is 34.3. The monoisotopic (exact) mass is 229 g/mol. The molecule has 1 rings (SSSR count). The summed E-state index contributed by atoms with van der Waals surface area (Å²) < 4.78 is 0. The number of hydrogen-bond acceptors (Lipinski definition) is 3. The average Bonchev–Trinajstić information content (AvgIpc) is 2.42. The van der Waals surface area contributed by atoms with Crippen LogP contribution in [0.5, 0.6) is 0 Å². The number of carboxylic acid groups (broad SMARTS) is 1. The van der Waals surface area contributed by atoms with E-state index in [1.165, 1.54) is 4.90 Å². The van der Waals surface area contributed by atoms with Crippen molar-refractivity contribution in [1.29, 1.82) is 0 Å². The first-order valence-corrected chi connectivity index (χ1v) is 5.11. The molecule has 0 aromatic heterocycles. The van der Waals surface area contributed by atoms with Gasteiger partial charge in [0.15, 0.2) is 0 Å². The lowest BCUT2D eigenvalue weighted by Crippen LogP contribution is -2.44. The first-order chi connectivity index (χ1) is 7.59. The third-order valence-electron chi connectivity index (χ3n) is 2.16. The first-order valence-electron chi connectivity index (χ1n) is 5.11. The molecule has 0 spiro atoms. The van der Waals surface area contributed by atoms with Gasteiger partial charge in [-0.15, -0.1) is 0 Å². The Morgan fingerprint density at radius 1 is 1.50 bits per heavy atom. The summed E-state index contributed by atoms with van der Waals surface area (Å²) >= 11 is 0. The molecule has 0 radical (unpaired) electrons. The van der Waals surface area contributed by atoms with Gasteiger partial charge in [-0.25, -0.2) is 4.79 Å². The molecule has 0 unspecified atom stereocenters. The molecular formula is C9H15N3O4. The Morgan fingerprint density at radius 2 is 2.25 bits per heavy atom. The number of carbonyl (C=O) groups excluding carboxylic acids is 2. The number of carbonyl (C=O) groups is 3. The second-order valence-corrected chi connectivity index (χ2v) is 3.50. The molecule has 1 saturated heterocycles. The predicted octanol–water partition coefficient (Wildman–Crippen LogP) is -1.01. The van der Waals surface area contributed by atoms with Gasteiger partial charge in [0, 0.05) is 19.6 Å². The minimum absolute atomic E-state index is 0.0267. The van der Waals surface area contributed by atoms with E-state index in [1.54, 1.807) is 0 Å². The van der Waals surface area contributed by atoms with Crippen LogP contribution in [0.3, 0.4) is 0 Å². The molecule has 1 heterocycles. The van der Waals surface area contributed by atoms with Gasteiger partial charge in [-0.2, -0.15) is 0 Å². The maximum absolute atomic E-state index is 11.5. The van der Waals surface area contributed by atoms with Crippen molar-refractivity contribution in [2.75, 3.05) is 26.2 Å². The Balaban J connectivity index is 2.34. The number of carboxylic acids is 1. The fourth-order valence-corrected chi connectivity index (χ4v) is 1.37. The Morgan fingerprint density at radius 3 is 2.94 bits per heavy atom. The van der Waals surface area contributed by atoms with Crippen molar-refractivity contribution in [2.24, 2.45) is 0 Å². The Bertz CT molecular complexity index is 292. The van der Waals surface area contributed by atoms with E-state index in [0.717, 1.165) is 0 Å². The minimum Gasteiger partial charge on any atom is -0.481 e.